The maximum Gasteiger partial charge on any atom is 0.108 e. The molecule has 1 aromatic heterocycles. The van der Waals surface area contributed by atoms with Gasteiger partial charge in [-0.1, -0.05) is 13.0 Å². The first-order valence-corrected chi connectivity index (χ1v) is 5.03. The zero-order valence-corrected chi connectivity index (χ0v) is 8.67. The summed E-state index contributed by atoms with van der Waals surface area (Å²) in [6.07, 6.45) is 6.08. The molecular weight excluding hydrogens is 184 g/mol. The number of alkyl halides is 1. The number of fused-ring (bicyclic) bond motifs is 1. The van der Waals surface area contributed by atoms with Gasteiger partial charge in [-0.3, -0.25) is 0 Å². The minimum absolute atomic E-state index is 0.0616. The van der Waals surface area contributed by atoms with E-state index in [-0.39, 0.29) is 5.38 Å². The highest BCUT2D eigenvalue weighted by Gasteiger charge is 2.20. The number of imidazole rings is 1. The van der Waals surface area contributed by atoms with Crippen molar-refractivity contribution in [1.29, 1.82) is 0 Å². The van der Waals surface area contributed by atoms with Crippen molar-refractivity contribution in [2.24, 2.45) is 7.05 Å². The lowest BCUT2D eigenvalue weighted by molar-refractivity contribution is 0.801. The van der Waals surface area contributed by atoms with Crippen molar-refractivity contribution in [2.75, 3.05) is 0 Å². The van der Waals surface area contributed by atoms with Crippen molar-refractivity contribution in [3.63, 3.8) is 0 Å². The van der Waals surface area contributed by atoms with Gasteiger partial charge in [0, 0.05) is 13.5 Å². The first-order valence-electron chi connectivity index (χ1n) is 4.60. The fourth-order valence-electron chi connectivity index (χ4n) is 1.74. The van der Waals surface area contributed by atoms with E-state index >= 15 is 0 Å². The molecule has 0 amide bonds. The molecule has 1 unspecified atom stereocenters. The van der Waals surface area contributed by atoms with Gasteiger partial charge in [-0.25, -0.2) is 4.98 Å². The molecular formula is C10H13ClN2. The van der Waals surface area contributed by atoms with Crippen LogP contribution in [0.3, 0.4) is 0 Å². The van der Waals surface area contributed by atoms with Gasteiger partial charge in [-0.15, -0.1) is 11.6 Å². The average Bonchev–Trinajstić information content (AvgIpc) is 2.45. The predicted molar refractivity (Wildman–Crippen MR) is 54.8 cm³/mol. The largest absolute Gasteiger partial charge is 0.331 e. The quantitative estimate of drug-likeness (QED) is 0.632. The first-order chi connectivity index (χ1) is 6.24. The Labute approximate surface area is 83.2 Å². The molecule has 0 N–H and O–H groups in total. The van der Waals surface area contributed by atoms with E-state index in [0.717, 1.165) is 24.4 Å². The maximum atomic E-state index is 6.16. The third kappa shape index (κ3) is 1.29. The fourth-order valence-corrected chi connectivity index (χ4v) is 2.00. The minimum Gasteiger partial charge on any atom is -0.331 e. The van der Waals surface area contributed by atoms with E-state index < -0.39 is 0 Å². The monoisotopic (exact) mass is 196 g/mol. The van der Waals surface area contributed by atoms with E-state index in [1.54, 1.807) is 0 Å². The first kappa shape index (κ1) is 8.82. The van der Waals surface area contributed by atoms with Gasteiger partial charge in [0.15, 0.2) is 0 Å². The van der Waals surface area contributed by atoms with Crippen LogP contribution >= 0.6 is 11.6 Å². The van der Waals surface area contributed by atoms with E-state index in [1.165, 1.54) is 5.69 Å². The Morgan fingerprint density at radius 3 is 3.08 bits per heavy atom. The molecule has 0 bridgehead atoms. The molecule has 1 atom stereocenters. The summed E-state index contributed by atoms with van der Waals surface area (Å²) >= 11 is 6.16. The molecule has 0 aliphatic heterocycles. The van der Waals surface area contributed by atoms with Crippen LogP contribution in [0.2, 0.25) is 0 Å². The second kappa shape index (κ2) is 3.18. The Balaban J connectivity index is 2.56. The van der Waals surface area contributed by atoms with Crippen LogP contribution in [-0.2, 0) is 13.5 Å². The lowest BCUT2D eigenvalue weighted by Gasteiger charge is -2.10. The van der Waals surface area contributed by atoms with Crippen LogP contribution in [0, 0.1) is 0 Å². The smallest absolute Gasteiger partial charge is 0.108 e. The third-order valence-corrected chi connectivity index (χ3v) is 2.88. The number of aromatic nitrogens is 2. The number of hydrogen-bond acceptors (Lipinski definition) is 1. The Morgan fingerprint density at radius 2 is 2.46 bits per heavy atom. The second-order valence-corrected chi connectivity index (χ2v) is 3.84. The van der Waals surface area contributed by atoms with Gasteiger partial charge < -0.3 is 4.57 Å². The molecule has 2 nitrogen and oxygen atoms in total. The Morgan fingerprint density at radius 1 is 1.69 bits per heavy atom. The molecule has 3 heteroatoms. The number of hydrogen-bond donors (Lipinski definition) is 0. The Kier molecular flexibility index (Phi) is 2.16. The normalized spacial score (nSPS) is 20.4. The van der Waals surface area contributed by atoms with Gasteiger partial charge in [0.05, 0.1) is 16.8 Å². The predicted octanol–water partition coefficient (Wildman–Crippen LogP) is 2.68. The highest BCUT2D eigenvalue weighted by atomic mass is 35.5. The summed E-state index contributed by atoms with van der Waals surface area (Å²) in [5.74, 6) is 1.11. The van der Waals surface area contributed by atoms with Crippen molar-refractivity contribution >= 4 is 17.7 Å². The van der Waals surface area contributed by atoms with Crippen LogP contribution in [0.1, 0.15) is 35.9 Å². The molecule has 0 radical (unpaired) electrons. The SMILES string of the molecule is CCc1nc2c(n1C)C=CCC2Cl. The number of nitrogens with zero attached hydrogens (tertiary/aromatic N) is 2. The molecule has 1 heterocycles. The topological polar surface area (TPSA) is 17.8 Å². The highest BCUT2D eigenvalue weighted by Crippen LogP contribution is 2.32. The zero-order valence-electron chi connectivity index (χ0n) is 7.92. The molecule has 1 aromatic rings. The summed E-state index contributed by atoms with van der Waals surface area (Å²) < 4.78 is 2.13. The summed E-state index contributed by atoms with van der Waals surface area (Å²) in [6, 6.07) is 0. The molecule has 70 valence electrons. The van der Waals surface area contributed by atoms with Crippen LogP contribution in [0.4, 0.5) is 0 Å². The lowest BCUT2D eigenvalue weighted by Crippen LogP contribution is -2.00. The third-order valence-electron chi connectivity index (χ3n) is 2.49. The average molecular weight is 197 g/mol. The number of aryl methyl sites for hydroxylation is 1. The van der Waals surface area contributed by atoms with Crippen LogP contribution < -0.4 is 0 Å². The molecule has 0 aromatic carbocycles. The molecule has 13 heavy (non-hydrogen) atoms. The molecule has 1 aliphatic rings. The summed E-state index contributed by atoms with van der Waals surface area (Å²) in [5.41, 5.74) is 2.21. The zero-order chi connectivity index (χ0) is 9.42. The minimum atomic E-state index is 0.0616. The standard InChI is InChI=1S/C10H13ClN2/c1-3-9-12-10-7(11)5-4-6-8(10)13(9)2/h4,6-7H,3,5H2,1-2H3. The molecule has 0 saturated heterocycles. The summed E-state index contributed by atoms with van der Waals surface area (Å²) in [7, 11) is 2.05. The van der Waals surface area contributed by atoms with E-state index in [0.29, 0.717) is 0 Å². The molecule has 0 spiro atoms. The van der Waals surface area contributed by atoms with Crippen molar-refractivity contribution in [3.8, 4) is 0 Å². The molecule has 0 saturated carbocycles. The van der Waals surface area contributed by atoms with Crippen LogP contribution in [0.5, 0.6) is 0 Å². The summed E-state index contributed by atoms with van der Waals surface area (Å²) in [6.45, 7) is 2.11. The fraction of sp³-hybridized carbons (Fsp3) is 0.500. The summed E-state index contributed by atoms with van der Waals surface area (Å²) in [5, 5.41) is 0.0616. The van der Waals surface area contributed by atoms with E-state index in [2.05, 4.69) is 28.6 Å². The van der Waals surface area contributed by atoms with Gasteiger partial charge in [-0.05, 0) is 12.5 Å². The van der Waals surface area contributed by atoms with E-state index in [1.807, 2.05) is 7.05 Å². The lowest BCUT2D eigenvalue weighted by atomic mass is 10.1. The molecule has 1 aliphatic carbocycles. The molecule has 0 fully saturated rings. The Bertz CT molecular complexity index is 352. The van der Waals surface area contributed by atoms with Gasteiger partial charge in [0.2, 0.25) is 0 Å². The van der Waals surface area contributed by atoms with Crippen molar-refractivity contribution in [2.45, 2.75) is 25.1 Å². The number of rotatable bonds is 1. The Hall–Kier alpha value is -0.760. The summed E-state index contributed by atoms with van der Waals surface area (Å²) in [4.78, 5) is 4.53. The van der Waals surface area contributed by atoms with Gasteiger partial charge >= 0.3 is 0 Å². The van der Waals surface area contributed by atoms with Gasteiger partial charge in [0.25, 0.3) is 0 Å². The van der Waals surface area contributed by atoms with Crippen molar-refractivity contribution in [1.82, 2.24) is 9.55 Å². The van der Waals surface area contributed by atoms with Crippen LogP contribution in [0.15, 0.2) is 6.08 Å². The van der Waals surface area contributed by atoms with Crippen molar-refractivity contribution < 1.29 is 0 Å². The maximum absolute atomic E-state index is 6.16. The van der Waals surface area contributed by atoms with E-state index in [4.69, 9.17) is 11.6 Å². The highest BCUT2D eigenvalue weighted by molar-refractivity contribution is 6.21. The second-order valence-electron chi connectivity index (χ2n) is 3.32. The van der Waals surface area contributed by atoms with E-state index in [9.17, 15) is 0 Å². The number of allylic oxidation sites excluding steroid dienone is 1. The van der Waals surface area contributed by atoms with Crippen LogP contribution in [-0.4, -0.2) is 9.55 Å². The molecule has 2 rings (SSSR count). The van der Waals surface area contributed by atoms with Crippen molar-refractivity contribution in [3.05, 3.63) is 23.3 Å². The van der Waals surface area contributed by atoms with Gasteiger partial charge in [0.1, 0.15) is 5.82 Å². The van der Waals surface area contributed by atoms with Crippen LogP contribution in [0.25, 0.3) is 6.08 Å². The van der Waals surface area contributed by atoms with Gasteiger partial charge in [-0.2, -0.15) is 0 Å². The number of halogens is 1.